The lowest BCUT2D eigenvalue weighted by Gasteiger charge is -2.05. The zero-order chi connectivity index (χ0) is 12.7. The van der Waals surface area contributed by atoms with E-state index in [1.54, 1.807) is 0 Å². The van der Waals surface area contributed by atoms with Crippen LogP contribution in [0.1, 0.15) is 10.5 Å². The van der Waals surface area contributed by atoms with Gasteiger partial charge in [0.1, 0.15) is 13.2 Å². The normalized spacial score (nSPS) is 9.71. The third kappa shape index (κ3) is 4.07. The van der Waals surface area contributed by atoms with Crippen molar-refractivity contribution < 1.29 is 14.4 Å². The number of hydroxylamine groups is 1. The number of hydrogen-bond donors (Lipinski definition) is 1. The number of carbonyl (C=O) groups is 1. The fourth-order valence-corrected chi connectivity index (χ4v) is 0.965. The number of aryl methyl sites for hydroxylation is 1. The van der Waals surface area contributed by atoms with Gasteiger partial charge in [-0.15, -0.1) is 0 Å². The van der Waals surface area contributed by atoms with Crippen molar-refractivity contribution in [2.24, 2.45) is 7.05 Å². The van der Waals surface area contributed by atoms with Gasteiger partial charge in [0, 0.05) is 13.1 Å². The lowest BCUT2D eigenvalue weighted by molar-refractivity contribution is 0.0140. The van der Waals surface area contributed by atoms with Crippen LogP contribution in [0.5, 0.6) is 0 Å². The topological polar surface area (TPSA) is 82.5 Å². The number of ether oxygens (including phenoxy) is 1. The van der Waals surface area contributed by atoms with Crippen LogP contribution in [0.4, 0.5) is 0 Å². The maximum Gasteiger partial charge on any atom is 0.295 e. The minimum absolute atomic E-state index is 0.0942. The van der Waals surface area contributed by atoms with E-state index >= 15 is 0 Å². The molecule has 0 aliphatic heterocycles. The summed E-state index contributed by atoms with van der Waals surface area (Å²) in [5.41, 5.74) is 1.98. The first-order chi connectivity index (χ1) is 8.15. The Bertz CT molecular complexity index is 455. The van der Waals surface area contributed by atoms with Crippen LogP contribution in [-0.2, 0) is 16.6 Å². The quantitative estimate of drug-likeness (QED) is 0.415. The van der Waals surface area contributed by atoms with Crippen LogP contribution in [0.25, 0.3) is 0 Å². The molecule has 0 atom stereocenters. The molecule has 1 rings (SSSR count). The van der Waals surface area contributed by atoms with Crippen LogP contribution < -0.4 is 11.0 Å². The van der Waals surface area contributed by atoms with Crippen molar-refractivity contribution in [3.63, 3.8) is 0 Å². The van der Waals surface area contributed by atoms with Gasteiger partial charge < -0.3 is 4.74 Å². The standard InChI is InChI=1S/C10H13N3O4/c1-3-16-6-7-17-12-10(15)8-4-5-9(14)13(2)11-8/h3-5H,1,6-7H2,2H3,(H,12,15). The van der Waals surface area contributed by atoms with Gasteiger partial charge >= 0.3 is 0 Å². The first-order valence-corrected chi connectivity index (χ1v) is 4.84. The lowest BCUT2D eigenvalue weighted by atomic mass is 10.4. The van der Waals surface area contributed by atoms with Crippen LogP contribution in [0.2, 0.25) is 0 Å². The highest BCUT2D eigenvalue weighted by Crippen LogP contribution is 1.89. The molecule has 1 N–H and O–H groups in total. The summed E-state index contributed by atoms with van der Waals surface area (Å²) in [7, 11) is 1.46. The van der Waals surface area contributed by atoms with Crippen molar-refractivity contribution in [2.75, 3.05) is 13.2 Å². The molecule has 0 saturated heterocycles. The molecule has 1 aromatic heterocycles. The molecular weight excluding hydrogens is 226 g/mol. The number of nitrogens with one attached hydrogen (secondary N) is 1. The highest BCUT2D eigenvalue weighted by atomic mass is 16.7. The van der Waals surface area contributed by atoms with Gasteiger partial charge in [0.2, 0.25) is 0 Å². The first-order valence-electron chi connectivity index (χ1n) is 4.84. The zero-order valence-electron chi connectivity index (χ0n) is 9.38. The fourth-order valence-electron chi connectivity index (χ4n) is 0.965. The summed E-state index contributed by atoms with van der Waals surface area (Å²) in [6.45, 7) is 3.82. The van der Waals surface area contributed by atoms with Crippen molar-refractivity contribution >= 4 is 5.91 Å². The largest absolute Gasteiger partial charge is 0.499 e. The van der Waals surface area contributed by atoms with Crippen LogP contribution >= 0.6 is 0 Å². The number of amides is 1. The van der Waals surface area contributed by atoms with E-state index in [4.69, 9.17) is 9.57 Å². The molecule has 1 amide bonds. The molecule has 0 aromatic carbocycles. The molecule has 7 heteroatoms. The molecule has 1 heterocycles. The van der Waals surface area contributed by atoms with Crippen molar-refractivity contribution in [1.29, 1.82) is 0 Å². The van der Waals surface area contributed by atoms with Crippen molar-refractivity contribution in [3.8, 4) is 0 Å². The monoisotopic (exact) mass is 239 g/mol. The van der Waals surface area contributed by atoms with Crippen LogP contribution in [0.3, 0.4) is 0 Å². The van der Waals surface area contributed by atoms with E-state index in [0.29, 0.717) is 0 Å². The number of rotatable bonds is 6. The number of hydrogen-bond acceptors (Lipinski definition) is 5. The van der Waals surface area contributed by atoms with Gasteiger partial charge in [-0.05, 0) is 6.07 Å². The second kappa shape index (κ2) is 6.44. The van der Waals surface area contributed by atoms with E-state index in [0.717, 1.165) is 4.68 Å². The predicted octanol–water partition coefficient (Wildman–Crippen LogP) is -0.398. The Hall–Kier alpha value is -2.15. The maximum absolute atomic E-state index is 11.5. The fraction of sp³-hybridized carbons (Fsp3) is 0.300. The molecule has 0 bridgehead atoms. The predicted molar refractivity (Wildman–Crippen MR) is 59.0 cm³/mol. The van der Waals surface area contributed by atoms with Gasteiger partial charge in [0.05, 0.1) is 6.26 Å². The van der Waals surface area contributed by atoms with E-state index < -0.39 is 5.91 Å². The van der Waals surface area contributed by atoms with Crippen molar-refractivity contribution in [1.82, 2.24) is 15.3 Å². The van der Waals surface area contributed by atoms with Gasteiger partial charge in [-0.3, -0.25) is 14.4 Å². The Morgan fingerprint density at radius 3 is 3.00 bits per heavy atom. The molecule has 17 heavy (non-hydrogen) atoms. The molecule has 0 saturated carbocycles. The van der Waals surface area contributed by atoms with E-state index in [9.17, 15) is 9.59 Å². The van der Waals surface area contributed by atoms with E-state index in [-0.39, 0.29) is 24.5 Å². The minimum atomic E-state index is -0.529. The van der Waals surface area contributed by atoms with E-state index in [1.165, 1.54) is 25.4 Å². The average Bonchev–Trinajstić information content (AvgIpc) is 2.32. The number of aromatic nitrogens is 2. The molecule has 0 radical (unpaired) electrons. The Morgan fingerprint density at radius 2 is 2.35 bits per heavy atom. The summed E-state index contributed by atoms with van der Waals surface area (Å²) in [6, 6.07) is 2.57. The summed E-state index contributed by atoms with van der Waals surface area (Å²) in [6.07, 6.45) is 1.28. The lowest BCUT2D eigenvalue weighted by Crippen LogP contribution is -2.29. The molecule has 0 spiro atoms. The Balaban J connectivity index is 2.44. The second-order valence-corrected chi connectivity index (χ2v) is 3.00. The van der Waals surface area contributed by atoms with E-state index in [2.05, 4.69) is 17.2 Å². The van der Waals surface area contributed by atoms with Crippen molar-refractivity contribution in [2.45, 2.75) is 0 Å². The molecule has 0 aliphatic rings. The van der Waals surface area contributed by atoms with Crippen LogP contribution in [0, 0.1) is 0 Å². The van der Waals surface area contributed by atoms with E-state index in [1.807, 2.05) is 0 Å². The minimum Gasteiger partial charge on any atom is -0.499 e. The van der Waals surface area contributed by atoms with Gasteiger partial charge in [0.15, 0.2) is 5.69 Å². The average molecular weight is 239 g/mol. The highest BCUT2D eigenvalue weighted by molar-refractivity contribution is 5.91. The first kappa shape index (κ1) is 12.9. The molecule has 7 nitrogen and oxygen atoms in total. The second-order valence-electron chi connectivity index (χ2n) is 3.00. The SMILES string of the molecule is C=COCCONC(=O)c1ccc(=O)n(C)n1. The molecule has 1 aromatic rings. The summed E-state index contributed by atoms with van der Waals surface area (Å²) in [5.74, 6) is -0.529. The van der Waals surface area contributed by atoms with Crippen LogP contribution in [0.15, 0.2) is 29.8 Å². The molecular formula is C10H13N3O4. The van der Waals surface area contributed by atoms with Gasteiger partial charge in [-0.2, -0.15) is 5.10 Å². The molecule has 92 valence electrons. The van der Waals surface area contributed by atoms with Crippen LogP contribution in [-0.4, -0.2) is 28.9 Å². The summed E-state index contributed by atoms with van der Waals surface area (Å²) in [5, 5.41) is 3.75. The number of carbonyl (C=O) groups excluding carboxylic acids is 1. The van der Waals surface area contributed by atoms with Gasteiger partial charge in [-0.25, -0.2) is 10.2 Å². The summed E-state index contributed by atoms with van der Waals surface area (Å²) >= 11 is 0. The molecule has 0 fully saturated rings. The highest BCUT2D eigenvalue weighted by Gasteiger charge is 2.07. The summed E-state index contributed by atoms with van der Waals surface area (Å²) in [4.78, 5) is 27.3. The maximum atomic E-state index is 11.5. The third-order valence-electron chi connectivity index (χ3n) is 1.78. The summed E-state index contributed by atoms with van der Waals surface area (Å²) < 4.78 is 5.85. The third-order valence-corrected chi connectivity index (χ3v) is 1.78. The van der Waals surface area contributed by atoms with Gasteiger partial charge in [-0.1, -0.05) is 6.58 Å². The molecule has 0 unspecified atom stereocenters. The van der Waals surface area contributed by atoms with Gasteiger partial charge in [0.25, 0.3) is 11.5 Å². The zero-order valence-corrected chi connectivity index (χ0v) is 9.38. The van der Waals surface area contributed by atoms with Crippen molar-refractivity contribution in [3.05, 3.63) is 41.0 Å². The molecule has 0 aliphatic carbocycles. The smallest absolute Gasteiger partial charge is 0.295 e. The Kier molecular flexibility index (Phi) is 4.89. The Morgan fingerprint density at radius 1 is 1.59 bits per heavy atom. The number of nitrogens with zero attached hydrogens (tertiary/aromatic N) is 2. The Labute approximate surface area is 97.6 Å².